The Morgan fingerprint density at radius 1 is 1.06 bits per heavy atom. The second-order valence-corrected chi connectivity index (χ2v) is 10.4. The Labute approximate surface area is 182 Å². The van der Waals surface area contributed by atoms with E-state index in [0.29, 0.717) is 11.1 Å². The number of ether oxygens (including phenoxy) is 1. The molecule has 9 nitrogen and oxygen atoms in total. The molecule has 2 aromatic rings. The van der Waals surface area contributed by atoms with Gasteiger partial charge in [-0.25, -0.2) is 21.6 Å². The van der Waals surface area contributed by atoms with Crippen LogP contribution in [0.25, 0.3) is 0 Å². The van der Waals surface area contributed by atoms with E-state index in [0.717, 1.165) is 6.07 Å². The van der Waals surface area contributed by atoms with Gasteiger partial charge in [0, 0.05) is 13.1 Å². The van der Waals surface area contributed by atoms with E-state index in [1.165, 1.54) is 35.7 Å². The Hall–Kier alpha value is -2.63. The average molecular weight is 471 g/mol. The molecule has 0 unspecified atom stereocenters. The number of aromatic carboxylic acids is 1. The summed E-state index contributed by atoms with van der Waals surface area (Å²) in [5.74, 6) is -1.34. The quantitative estimate of drug-likeness (QED) is 0.576. The van der Waals surface area contributed by atoms with Crippen LogP contribution in [-0.4, -0.2) is 52.4 Å². The predicted octanol–water partition coefficient (Wildman–Crippen LogP) is 2.84. The fourth-order valence-corrected chi connectivity index (χ4v) is 5.89. The van der Waals surface area contributed by atoms with E-state index < -0.39 is 26.0 Å². The van der Waals surface area contributed by atoms with E-state index >= 15 is 0 Å². The molecule has 0 fully saturated rings. The molecule has 0 aromatic heterocycles. The van der Waals surface area contributed by atoms with Crippen molar-refractivity contribution in [3.05, 3.63) is 47.0 Å². The summed E-state index contributed by atoms with van der Waals surface area (Å²) in [7, 11) is -6.84. The summed E-state index contributed by atoms with van der Waals surface area (Å²) in [5, 5.41) is 9.21. The SMILES string of the molecule is CCN(CC)S(=O)(=O)c1cc(C)c(C)c(NS(=O)(=O)c2cc(C(=O)O)ccc2OC)c1. The van der Waals surface area contributed by atoms with Crippen molar-refractivity contribution in [1.29, 1.82) is 0 Å². The minimum absolute atomic E-state index is 0.0387. The predicted molar refractivity (Wildman–Crippen MR) is 117 cm³/mol. The van der Waals surface area contributed by atoms with Crippen molar-refractivity contribution in [1.82, 2.24) is 4.31 Å². The lowest BCUT2D eigenvalue weighted by molar-refractivity contribution is 0.0696. The van der Waals surface area contributed by atoms with E-state index in [9.17, 15) is 26.7 Å². The summed E-state index contributed by atoms with van der Waals surface area (Å²) in [6.07, 6.45) is 0. The first-order chi connectivity index (χ1) is 14.4. The van der Waals surface area contributed by atoms with Crippen LogP contribution < -0.4 is 9.46 Å². The van der Waals surface area contributed by atoms with Gasteiger partial charge in [-0.2, -0.15) is 4.31 Å². The zero-order valence-electron chi connectivity index (χ0n) is 18.0. The highest BCUT2D eigenvalue weighted by molar-refractivity contribution is 7.92. The van der Waals surface area contributed by atoms with Gasteiger partial charge >= 0.3 is 5.97 Å². The number of carbonyl (C=O) groups is 1. The number of carboxylic acids is 1. The molecule has 0 spiro atoms. The lowest BCUT2D eigenvalue weighted by atomic mass is 10.1. The third kappa shape index (κ3) is 5.00. The zero-order valence-corrected chi connectivity index (χ0v) is 19.6. The number of aryl methyl sites for hydroxylation is 1. The molecule has 0 aliphatic heterocycles. The third-order valence-corrected chi connectivity index (χ3v) is 8.34. The van der Waals surface area contributed by atoms with Gasteiger partial charge in [-0.3, -0.25) is 4.72 Å². The fraction of sp³-hybridized carbons (Fsp3) is 0.350. The fourth-order valence-electron chi connectivity index (χ4n) is 3.01. The summed E-state index contributed by atoms with van der Waals surface area (Å²) < 4.78 is 60.8. The van der Waals surface area contributed by atoms with Crippen LogP contribution in [0.4, 0.5) is 5.69 Å². The summed E-state index contributed by atoms with van der Waals surface area (Å²) in [5.41, 5.74) is 0.966. The largest absolute Gasteiger partial charge is 0.495 e. The molecular weight excluding hydrogens is 444 g/mol. The van der Waals surface area contributed by atoms with Crippen molar-refractivity contribution >= 4 is 31.7 Å². The minimum atomic E-state index is -4.29. The highest BCUT2D eigenvalue weighted by atomic mass is 32.2. The summed E-state index contributed by atoms with van der Waals surface area (Å²) >= 11 is 0. The highest BCUT2D eigenvalue weighted by Gasteiger charge is 2.26. The average Bonchev–Trinajstić information content (AvgIpc) is 2.71. The number of hydrogen-bond acceptors (Lipinski definition) is 6. The van der Waals surface area contributed by atoms with Crippen LogP contribution in [0.15, 0.2) is 40.1 Å². The Kier molecular flexibility index (Phi) is 7.35. The maximum absolute atomic E-state index is 13.1. The number of nitrogens with zero attached hydrogens (tertiary/aromatic N) is 1. The molecule has 11 heteroatoms. The first-order valence-corrected chi connectivity index (χ1v) is 12.4. The number of hydrogen-bond donors (Lipinski definition) is 2. The Bertz CT molecular complexity index is 1200. The molecule has 31 heavy (non-hydrogen) atoms. The van der Waals surface area contributed by atoms with E-state index in [1.54, 1.807) is 27.7 Å². The lowest BCUT2D eigenvalue weighted by Crippen LogP contribution is -2.30. The monoisotopic (exact) mass is 470 g/mol. The van der Waals surface area contributed by atoms with Gasteiger partial charge in [-0.1, -0.05) is 13.8 Å². The van der Waals surface area contributed by atoms with Gasteiger partial charge in [0.1, 0.15) is 10.6 Å². The molecule has 0 saturated heterocycles. The van der Waals surface area contributed by atoms with Crippen molar-refractivity contribution < 1.29 is 31.5 Å². The second-order valence-electron chi connectivity index (χ2n) is 6.78. The van der Waals surface area contributed by atoms with Crippen LogP contribution in [0.2, 0.25) is 0 Å². The molecule has 170 valence electrons. The van der Waals surface area contributed by atoms with E-state index in [-0.39, 0.29) is 39.9 Å². The molecule has 0 radical (unpaired) electrons. The lowest BCUT2D eigenvalue weighted by Gasteiger charge is -2.21. The van der Waals surface area contributed by atoms with E-state index in [1.807, 2.05) is 0 Å². The number of methoxy groups -OCH3 is 1. The molecule has 0 heterocycles. The topological polar surface area (TPSA) is 130 Å². The molecular formula is C20H26N2O7S2. The van der Waals surface area contributed by atoms with Crippen LogP contribution >= 0.6 is 0 Å². The van der Waals surface area contributed by atoms with Crippen LogP contribution in [-0.2, 0) is 20.0 Å². The summed E-state index contributed by atoms with van der Waals surface area (Å²) in [6.45, 7) is 7.31. The number of sulfonamides is 2. The van der Waals surface area contributed by atoms with Crippen LogP contribution in [0.1, 0.15) is 35.3 Å². The Morgan fingerprint density at radius 2 is 1.68 bits per heavy atom. The Morgan fingerprint density at radius 3 is 2.19 bits per heavy atom. The van der Waals surface area contributed by atoms with E-state index in [4.69, 9.17) is 4.74 Å². The number of rotatable bonds is 9. The van der Waals surface area contributed by atoms with Crippen molar-refractivity contribution in [3.63, 3.8) is 0 Å². The molecule has 2 aromatic carbocycles. The Balaban J connectivity index is 2.62. The standard InChI is InChI=1S/C20H26N2O7S2/c1-6-22(7-2)31(27,28)16-10-13(3)14(4)17(12-16)21-30(25,26)19-11-15(20(23)24)8-9-18(19)29-5/h8-12,21H,6-7H2,1-5H3,(H,23,24). The molecule has 0 atom stereocenters. The van der Waals surface area contributed by atoms with Crippen LogP contribution in [0.5, 0.6) is 5.75 Å². The maximum Gasteiger partial charge on any atom is 0.335 e. The van der Waals surface area contributed by atoms with Crippen LogP contribution in [0, 0.1) is 13.8 Å². The molecule has 0 saturated carbocycles. The van der Waals surface area contributed by atoms with Gasteiger partial charge in [-0.15, -0.1) is 0 Å². The first kappa shape index (κ1) is 24.6. The van der Waals surface area contributed by atoms with Crippen molar-refractivity contribution in [2.75, 3.05) is 24.9 Å². The number of nitrogens with one attached hydrogen (secondary N) is 1. The summed E-state index contributed by atoms with van der Waals surface area (Å²) in [4.78, 5) is 10.9. The van der Waals surface area contributed by atoms with E-state index in [2.05, 4.69) is 4.72 Å². The normalized spacial score (nSPS) is 12.1. The molecule has 0 aliphatic carbocycles. The van der Waals surface area contributed by atoms with Gasteiger partial charge < -0.3 is 9.84 Å². The second kappa shape index (κ2) is 9.25. The zero-order chi connectivity index (χ0) is 23.6. The van der Waals surface area contributed by atoms with Gasteiger partial charge in [0.2, 0.25) is 10.0 Å². The molecule has 0 bridgehead atoms. The summed E-state index contributed by atoms with van der Waals surface area (Å²) in [6, 6.07) is 6.22. The molecule has 2 rings (SSSR count). The highest BCUT2D eigenvalue weighted by Crippen LogP contribution is 2.31. The molecule has 0 aliphatic rings. The number of benzene rings is 2. The van der Waals surface area contributed by atoms with Gasteiger partial charge in [0.15, 0.2) is 0 Å². The smallest absolute Gasteiger partial charge is 0.335 e. The van der Waals surface area contributed by atoms with Gasteiger partial charge in [0.25, 0.3) is 10.0 Å². The first-order valence-electron chi connectivity index (χ1n) is 9.44. The number of anilines is 1. The van der Waals surface area contributed by atoms with Crippen molar-refractivity contribution in [2.45, 2.75) is 37.5 Å². The van der Waals surface area contributed by atoms with Gasteiger partial charge in [-0.05, 0) is 55.3 Å². The van der Waals surface area contributed by atoms with Crippen molar-refractivity contribution in [2.24, 2.45) is 0 Å². The molecule has 0 amide bonds. The van der Waals surface area contributed by atoms with Crippen LogP contribution in [0.3, 0.4) is 0 Å². The maximum atomic E-state index is 13.1. The van der Waals surface area contributed by atoms with Crippen molar-refractivity contribution in [3.8, 4) is 5.75 Å². The molecule has 2 N–H and O–H groups in total. The minimum Gasteiger partial charge on any atom is -0.495 e. The number of carboxylic acid groups (broad SMARTS) is 1. The third-order valence-electron chi connectivity index (χ3n) is 4.93. The van der Waals surface area contributed by atoms with Gasteiger partial charge in [0.05, 0.1) is 23.3 Å².